The molecular weight excluding hydrogens is 615 g/mol. The van der Waals surface area contributed by atoms with Crippen LogP contribution in [0.15, 0.2) is 63.5 Å². The minimum atomic E-state index is -3.53. The van der Waals surface area contributed by atoms with Gasteiger partial charge in [0.05, 0.1) is 22.6 Å². The Kier molecular flexibility index (Phi) is 9.77. The SMILES string of the molecule is C=CC=C(I)C(=C)CS(=O)(=O)CC=C1C(=CC)NC(=O)C1=Cc1[nH]c(C)c(C(=O)N2CCN(C)CC2)c1C. The molecule has 0 spiro atoms. The molecule has 2 amide bonds. The van der Waals surface area contributed by atoms with Crippen LogP contribution in [0.4, 0.5) is 0 Å². The summed E-state index contributed by atoms with van der Waals surface area (Å²) in [4.78, 5) is 33.5. The van der Waals surface area contributed by atoms with Crippen molar-refractivity contribution in [1.29, 1.82) is 0 Å². The van der Waals surface area contributed by atoms with Gasteiger partial charge in [-0.2, -0.15) is 0 Å². The number of hydrogen-bond donors (Lipinski definition) is 2. The first kappa shape index (κ1) is 29.9. The lowest BCUT2D eigenvalue weighted by Crippen LogP contribution is -2.47. The van der Waals surface area contributed by atoms with E-state index in [1.165, 1.54) is 0 Å². The molecule has 2 N–H and O–H groups in total. The maximum absolute atomic E-state index is 13.3. The van der Waals surface area contributed by atoms with Crippen molar-refractivity contribution < 1.29 is 18.0 Å². The predicted molar refractivity (Wildman–Crippen MR) is 162 cm³/mol. The topological polar surface area (TPSA) is 103 Å². The summed E-state index contributed by atoms with van der Waals surface area (Å²) in [5.41, 5.74) is 4.64. The second kappa shape index (κ2) is 12.4. The molecule has 204 valence electrons. The average molecular weight is 651 g/mol. The highest BCUT2D eigenvalue weighted by atomic mass is 127. The molecule has 3 heterocycles. The Bertz CT molecular complexity index is 1390. The summed E-state index contributed by atoms with van der Waals surface area (Å²) in [6, 6.07) is 0. The number of aromatic amines is 1. The molecule has 0 saturated carbocycles. The Hall–Kier alpha value is -2.70. The first-order chi connectivity index (χ1) is 17.9. The Morgan fingerprint density at radius 2 is 1.82 bits per heavy atom. The lowest BCUT2D eigenvalue weighted by molar-refractivity contribution is -0.115. The summed E-state index contributed by atoms with van der Waals surface area (Å²) in [6.45, 7) is 16.0. The number of nitrogens with zero attached hydrogens (tertiary/aromatic N) is 2. The number of carbonyl (C=O) groups is 2. The van der Waals surface area contributed by atoms with Gasteiger partial charge in [0.15, 0.2) is 9.84 Å². The van der Waals surface area contributed by atoms with E-state index in [0.29, 0.717) is 46.8 Å². The minimum absolute atomic E-state index is 0.0266. The van der Waals surface area contributed by atoms with Gasteiger partial charge in [-0.25, -0.2) is 8.42 Å². The van der Waals surface area contributed by atoms with Crippen LogP contribution < -0.4 is 5.32 Å². The minimum Gasteiger partial charge on any atom is -0.358 e. The van der Waals surface area contributed by atoms with Crippen LogP contribution >= 0.6 is 22.6 Å². The summed E-state index contributed by atoms with van der Waals surface area (Å²) < 4.78 is 26.4. The molecule has 1 aromatic heterocycles. The summed E-state index contributed by atoms with van der Waals surface area (Å²) in [6.07, 6.45) is 8.29. The molecule has 2 saturated heterocycles. The number of hydrogen-bond acceptors (Lipinski definition) is 5. The van der Waals surface area contributed by atoms with Crippen LogP contribution in [0.2, 0.25) is 0 Å². The molecule has 2 aliphatic rings. The normalized spacial score (nSPS) is 20.4. The van der Waals surface area contributed by atoms with Crippen LogP contribution in [0.3, 0.4) is 0 Å². The third-order valence-corrected chi connectivity index (χ3v) is 9.25. The summed E-state index contributed by atoms with van der Waals surface area (Å²) in [5.74, 6) is -0.800. The molecule has 10 heteroatoms. The van der Waals surface area contributed by atoms with Gasteiger partial charge in [-0.15, -0.1) is 0 Å². The molecule has 2 fully saturated rings. The van der Waals surface area contributed by atoms with E-state index in [4.69, 9.17) is 0 Å². The molecule has 0 aromatic carbocycles. The van der Waals surface area contributed by atoms with Crippen molar-refractivity contribution in [2.24, 2.45) is 0 Å². The zero-order chi connectivity index (χ0) is 28.2. The standard InChI is InChI=1S/C28H35IN4O4S/c1-7-9-23(29)18(3)17-38(36,37)15-10-21-22(27(34)31-24(21)8-2)16-25-19(4)26(20(5)30-25)28(35)33-13-11-32(6)12-14-33/h7-10,16,30H,1,3,11-15,17H2,2,4-6H3,(H,31,34). The van der Waals surface area contributed by atoms with E-state index >= 15 is 0 Å². The number of aryl methyl sites for hydroxylation is 1. The molecule has 0 unspecified atom stereocenters. The van der Waals surface area contributed by atoms with Gasteiger partial charge in [0.1, 0.15) is 0 Å². The van der Waals surface area contributed by atoms with E-state index in [0.717, 1.165) is 27.9 Å². The number of carbonyl (C=O) groups excluding carboxylic acids is 2. The van der Waals surface area contributed by atoms with Crippen LogP contribution in [-0.2, 0) is 14.6 Å². The Labute approximate surface area is 239 Å². The number of piperazine rings is 1. The molecule has 1 aromatic rings. The van der Waals surface area contributed by atoms with Gasteiger partial charge in [0.2, 0.25) is 0 Å². The van der Waals surface area contributed by atoms with Crippen molar-refractivity contribution in [2.75, 3.05) is 44.7 Å². The second-order valence-corrected chi connectivity index (χ2v) is 12.8. The van der Waals surface area contributed by atoms with Gasteiger partial charge in [-0.1, -0.05) is 31.4 Å². The maximum Gasteiger partial charge on any atom is 0.256 e. The lowest BCUT2D eigenvalue weighted by Gasteiger charge is -2.32. The number of nitrogens with one attached hydrogen (secondary N) is 2. The monoisotopic (exact) mass is 650 g/mol. The van der Waals surface area contributed by atoms with Gasteiger partial charge >= 0.3 is 0 Å². The summed E-state index contributed by atoms with van der Waals surface area (Å²) >= 11 is 2.03. The number of halogens is 1. The third kappa shape index (κ3) is 6.83. The molecule has 38 heavy (non-hydrogen) atoms. The van der Waals surface area contributed by atoms with Crippen LogP contribution in [-0.4, -0.2) is 79.7 Å². The zero-order valence-corrected chi connectivity index (χ0v) is 25.3. The summed E-state index contributed by atoms with van der Waals surface area (Å²) in [7, 11) is -1.49. The Morgan fingerprint density at radius 3 is 2.42 bits per heavy atom. The molecule has 0 aliphatic carbocycles. The van der Waals surface area contributed by atoms with E-state index in [9.17, 15) is 18.0 Å². The van der Waals surface area contributed by atoms with E-state index < -0.39 is 9.84 Å². The number of sulfone groups is 1. The van der Waals surface area contributed by atoms with Gasteiger partial charge in [0, 0.05) is 52.4 Å². The quantitative estimate of drug-likeness (QED) is 0.253. The van der Waals surface area contributed by atoms with Crippen LogP contribution in [0.25, 0.3) is 6.08 Å². The van der Waals surface area contributed by atoms with Gasteiger partial charge < -0.3 is 20.1 Å². The smallest absolute Gasteiger partial charge is 0.256 e. The number of likely N-dealkylation sites (N-methyl/N-ethyl adjacent to an activating group) is 1. The molecule has 0 radical (unpaired) electrons. The first-order valence-electron chi connectivity index (χ1n) is 12.3. The van der Waals surface area contributed by atoms with Crippen molar-refractivity contribution in [1.82, 2.24) is 20.1 Å². The largest absolute Gasteiger partial charge is 0.358 e. The Morgan fingerprint density at radius 1 is 1.16 bits per heavy atom. The molecule has 2 aliphatic heterocycles. The van der Waals surface area contributed by atoms with Gasteiger partial charge in [0.25, 0.3) is 11.8 Å². The lowest BCUT2D eigenvalue weighted by atomic mass is 10.0. The zero-order valence-electron chi connectivity index (χ0n) is 22.4. The van der Waals surface area contributed by atoms with E-state index in [2.05, 4.69) is 28.4 Å². The highest BCUT2D eigenvalue weighted by Gasteiger charge is 2.29. The molecule has 3 rings (SSSR count). The van der Waals surface area contributed by atoms with Crippen molar-refractivity contribution in [3.05, 3.63) is 86.0 Å². The number of allylic oxidation sites excluding steroid dienone is 5. The maximum atomic E-state index is 13.3. The van der Waals surface area contributed by atoms with Crippen molar-refractivity contribution in [3.8, 4) is 0 Å². The first-order valence-corrected chi connectivity index (χ1v) is 15.2. The Balaban J connectivity index is 1.92. The highest BCUT2D eigenvalue weighted by molar-refractivity contribution is 14.1. The summed E-state index contributed by atoms with van der Waals surface area (Å²) in [5, 5.41) is 2.81. The predicted octanol–water partition coefficient (Wildman–Crippen LogP) is 3.84. The number of amides is 2. The van der Waals surface area contributed by atoms with Crippen LogP contribution in [0.1, 0.15) is 34.2 Å². The van der Waals surface area contributed by atoms with Crippen LogP contribution in [0, 0.1) is 13.8 Å². The van der Waals surface area contributed by atoms with E-state index in [1.54, 1.807) is 37.3 Å². The molecular formula is C28H35IN4O4S. The molecule has 0 atom stereocenters. The van der Waals surface area contributed by atoms with E-state index in [-0.39, 0.29) is 23.3 Å². The van der Waals surface area contributed by atoms with E-state index in [1.807, 2.05) is 48.4 Å². The highest BCUT2D eigenvalue weighted by Crippen LogP contribution is 2.30. The van der Waals surface area contributed by atoms with Crippen molar-refractivity contribution in [2.45, 2.75) is 20.8 Å². The van der Waals surface area contributed by atoms with Crippen molar-refractivity contribution >= 4 is 50.3 Å². The molecule has 8 nitrogen and oxygen atoms in total. The van der Waals surface area contributed by atoms with Crippen LogP contribution in [0.5, 0.6) is 0 Å². The fourth-order valence-corrected chi connectivity index (χ4v) is 6.42. The fourth-order valence-electron chi connectivity index (χ4n) is 4.49. The average Bonchev–Trinajstić information content (AvgIpc) is 3.31. The van der Waals surface area contributed by atoms with Crippen molar-refractivity contribution in [3.63, 3.8) is 0 Å². The fraction of sp³-hybridized carbons (Fsp3) is 0.357. The number of rotatable bonds is 8. The van der Waals surface area contributed by atoms with Gasteiger partial charge in [-0.05, 0) is 73.7 Å². The second-order valence-electron chi connectivity index (χ2n) is 9.50. The number of H-pyrrole nitrogens is 1. The number of aromatic nitrogens is 1. The third-order valence-electron chi connectivity index (χ3n) is 6.67. The molecule has 0 bridgehead atoms. The van der Waals surface area contributed by atoms with Gasteiger partial charge in [-0.3, -0.25) is 9.59 Å².